The van der Waals surface area contributed by atoms with Crippen LogP contribution in [0.5, 0.6) is 0 Å². The number of carbonyl (C=O) groups excluding carboxylic acids is 2. The van der Waals surface area contributed by atoms with Gasteiger partial charge in [0.15, 0.2) is 4.87 Å². The molecule has 3 amide bonds. The van der Waals surface area contributed by atoms with Crippen molar-refractivity contribution in [2.24, 2.45) is 0 Å². The minimum absolute atomic E-state index is 0.0536. The van der Waals surface area contributed by atoms with E-state index in [0.717, 1.165) is 33.6 Å². The lowest BCUT2D eigenvalue weighted by atomic mass is 10.1. The van der Waals surface area contributed by atoms with Crippen LogP contribution < -0.4 is 10.2 Å². The zero-order chi connectivity index (χ0) is 22.3. The van der Waals surface area contributed by atoms with E-state index in [1.54, 1.807) is 16.7 Å². The van der Waals surface area contributed by atoms with Crippen LogP contribution in [-0.2, 0) is 16.2 Å². The third-order valence-electron chi connectivity index (χ3n) is 6.04. The van der Waals surface area contributed by atoms with Gasteiger partial charge in [-0.05, 0) is 43.2 Å². The van der Waals surface area contributed by atoms with Crippen molar-refractivity contribution in [1.29, 1.82) is 0 Å². The first-order valence-corrected chi connectivity index (χ1v) is 11.7. The number of fused-ring (bicyclic) bond motifs is 2. The van der Waals surface area contributed by atoms with Crippen LogP contribution in [0.25, 0.3) is 0 Å². The molecule has 0 bridgehead atoms. The Bertz CT molecular complexity index is 1210. The van der Waals surface area contributed by atoms with Crippen LogP contribution in [0.1, 0.15) is 22.3 Å². The predicted octanol–water partition coefficient (Wildman–Crippen LogP) is 5.28. The van der Waals surface area contributed by atoms with E-state index in [4.69, 9.17) is 0 Å². The van der Waals surface area contributed by atoms with Gasteiger partial charge in [-0.15, -0.1) is 11.8 Å². The van der Waals surface area contributed by atoms with Crippen molar-refractivity contribution in [1.82, 2.24) is 4.90 Å². The molecule has 0 radical (unpaired) electrons. The second-order valence-corrected chi connectivity index (χ2v) is 9.63. The molecule has 3 aromatic carbocycles. The first-order valence-electron chi connectivity index (χ1n) is 10.8. The molecule has 3 aromatic rings. The van der Waals surface area contributed by atoms with Gasteiger partial charge < -0.3 is 10.2 Å². The largest absolute Gasteiger partial charge is 0.323 e. The van der Waals surface area contributed by atoms with Crippen molar-refractivity contribution in [3.8, 4) is 0 Å². The summed E-state index contributed by atoms with van der Waals surface area (Å²) in [4.78, 5) is 29.9. The zero-order valence-electron chi connectivity index (χ0n) is 18.2. The molecule has 1 saturated heterocycles. The lowest BCUT2D eigenvalue weighted by molar-refractivity contribution is -0.123. The van der Waals surface area contributed by atoms with E-state index in [1.165, 1.54) is 0 Å². The number of urea groups is 1. The zero-order valence-corrected chi connectivity index (χ0v) is 19.0. The Hall–Kier alpha value is -3.25. The number of anilines is 2. The first kappa shape index (κ1) is 20.6. The Balaban J connectivity index is 1.51. The van der Waals surface area contributed by atoms with Crippen LogP contribution in [0.2, 0.25) is 0 Å². The van der Waals surface area contributed by atoms with E-state index in [-0.39, 0.29) is 11.9 Å². The highest BCUT2D eigenvalue weighted by Gasteiger charge is 2.59. The fraction of sp³-hybridized carbons (Fsp3) is 0.231. The van der Waals surface area contributed by atoms with Gasteiger partial charge in [0, 0.05) is 23.5 Å². The van der Waals surface area contributed by atoms with Crippen LogP contribution in [-0.4, -0.2) is 29.1 Å². The summed E-state index contributed by atoms with van der Waals surface area (Å²) in [5, 5.41) is 3.00. The molecule has 1 fully saturated rings. The molecule has 6 heteroatoms. The van der Waals surface area contributed by atoms with Gasteiger partial charge >= 0.3 is 6.03 Å². The first-order chi connectivity index (χ1) is 15.5. The number of thioether (sulfide) groups is 1. The molecule has 1 spiro atoms. The van der Waals surface area contributed by atoms with Crippen LogP contribution in [0.3, 0.4) is 0 Å². The van der Waals surface area contributed by atoms with Gasteiger partial charge in [-0.1, -0.05) is 60.2 Å². The molecule has 2 heterocycles. The number of hydrogen-bond acceptors (Lipinski definition) is 3. The maximum Gasteiger partial charge on any atom is 0.323 e. The SMILES string of the molecule is Cc1cccc(CN2C(=O)[C@@]3(SCCN3C(=O)Nc3cccc(C)c3)c3ccccc32)c1. The van der Waals surface area contributed by atoms with E-state index in [9.17, 15) is 9.59 Å². The Labute approximate surface area is 192 Å². The van der Waals surface area contributed by atoms with Crippen molar-refractivity contribution in [3.05, 3.63) is 95.1 Å². The summed E-state index contributed by atoms with van der Waals surface area (Å²) in [6.07, 6.45) is 0. The molecule has 0 unspecified atom stereocenters. The second-order valence-electron chi connectivity index (χ2n) is 8.34. The van der Waals surface area contributed by atoms with Crippen molar-refractivity contribution >= 4 is 35.1 Å². The number of para-hydroxylation sites is 1. The average Bonchev–Trinajstić information content (AvgIpc) is 3.31. The van der Waals surface area contributed by atoms with Crippen LogP contribution in [0.15, 0.2) is 72.8 Å². The summed E-state index contributed by atoms with van der Waals surface area (Å²) in [6.45, 7) is 5.03. The van der Waals surface area contributed by atoms with E-state index in [2.05, 4.69) is 24.4 Å². The summed E-state index contributed by atoms with van der Waals surface area (Å²) >= 11 is 1.54. The molecule has 1 N–H and O–H groups in total. The third-order valence-corrected chi connectivity index (χ3v) is 7.46. The van der Waals surface area contributed by atoms with Crippen molar-refractivity contribution in [2.75, 3.05) is 22.5 Å². The summed E-state index contributed by atoms with van der Waals surface area (Å²) < 4.78 is 0. The van der Waals surface area contributed by atoms with Gasteiger partial charge in [0.2, 0.25) is 0 Å². The fourth-order valence-electron chi connectivity index (χ4n) is 4.63. The topological polar surface area (TPSA) is 52.7 Å². The summed E-state index contributed by atoms with van der Waals surface area (Å²) in [7, 11) is 0. The normalized spacial score (nSPS) is 19.5. The molecule has 5 nitrogen and oxygen atoms in total. The summed E-state index contributed by atoms with van der Waals surface area (Å²) in [6, 6.07) is 23.5. The minimum atomic E-state index is -1.03. The van der Waals surface area contributed by atoms with Gasteiger partial charge in [-0.2, -0.15) is 0 Å². The van der Waals surface area contributed by atoms with Gasteiger partial charge in [0.25, 0.3) is 5.91 Å². The lowest BCUT2D eigenvalue weighted by Gasteiger charge is -2.33. The Morgan fingerprint density at radius 2 is 1.75 bits per heavy atom. The van der Waals surface area contributed by atoms with Gasteiger partial charge in [-0.25, -0.2) is 4.79 Å². The smallest absolute Gasteiger partial charge is 0.308 e. The molecule has 1 atom stereocenters. The Morgan fingerprint density at radius 3 is 2.53 bits per heavy atom. The van der Waals surface area contributed by atoms with E-state index < -0.39 is 4.87 Å². The van der Waals surface area contributed by atoms with Crippen LogP contribution in [0, 0.1) is 13.8 Å². The number of carbonyl (C=O) groups is 2. The Morgan fingerprint density at radius 1 is 1.00 bits per heavy atom. The van der Waals surface area contributed by atoms with Crippen molar-refractivity contribution in [2.45, 2.75) is 25.3 Å². The third kappa shape index (κ3) is 3.35. The molecule has 162 valence electrons. The number of amides is 3. The van der Waals surface area contributed by atoms with E-state index in [1.807, 2.05) is 72.5 Å². The Kier molecular flexibility index (Phi) is 5.18. The minimum Gasteiger partial charge on any atom is -0.308 e. The highest BCUT2D eigenvalue weighted by atomic mass is 32.2. The summed E-state index contributed by atoms with van der Waals surface area (Å²) in [5.41, 5.74) is 5.80. The second kappa shape index (κ2) is 8.02. The molecule has 32 heavy (non-hydrogen) atoms. The van der Waals surface area contributed by atoms with Crippen LogP contribution >= 0.6 is 11.8 Å². The van der Waals surface area contributed by atoms with E-state index in [0.29, 0.717) is 18.8 Å². The molecule has 0 aromatic heterocycles. The average molecular weight is 444 g/mol. The molecule has 0 aliphatic carbocycles. The highest BCUT2D eigenvalue weighted by molar-refractivity contribution is 8.01. The monoisotopic (exact) mass is 443 g/mol. The van der Waals surface area contributed by atoms with Gasteiger partial charge in [-0.3, -0.25) is 9.69 Å². The number of rotatable bonds is 3. The number of nitrogens with zero attached hydrogens (tertiary/aromatic N) is 2. The molecule has 2 aliphatic rings. The quantitative estimate of drug-likeness (QED) is 0.599. The molecular weight excluding hydrogens is 418 g/mol. The van der Waals surface area contributed by atoms with Crippen molar-refractivity contribution in [3.63, 3.8) is 0 Å². The summed E-state index contributed by atoms with van der Waals surface area (Å²) in [5.74, 6) is 0.654. The fourth-order valence-corrected chi connectivity index (χ4v) is 6.09. The lowest BCUT2D eigenvalue weighted by Crippen LogP contribution is -2.51. The standard InChI is InChI=1S/C26H25N3O2S/c1-18-7-5-9-20(15-18)17-28-23-12-4-3-11-22(23)26(24(28)30)29(13-14-32-26)25(31)27-21-10-6-8-19(2)16-21/h3-12,15-16H,13-14,17H2,1-2H3,(H,27,31)/t26-/m0/s1. The molecule has 2 aliphatic heterocycles. The molecular formula is C26H25N3O2S. The van der Waals surface area contributed by atoms with Gasteiger partial charge in [0.1, 0.15) is 0 Å². The van der Waals surface area contributed by atoms with Crippen LogP contribution in [0.4, 0.5) is 16.2 Å². The number of aryl methyl sites for hydroxylation is 2. The number of benzene rings is 3. The number of nitrogens with one attached hydrogen (secondary N) is 1. The molecule has 5 rings (SSSR count). The highest BCUT2D eigenvalue weighted by Crippen LogP contribution is 2.54. The predicted molar refractivity (Wildman–Crippen MR) is 130 cm³/mol. The maximum absolute atomic E-state index is 14.0. The van der Waals surface area contributed by atoms with E-state index >= 15 is 0 Å². The molecule has 0 saturated carbocycles. The van der Waals surface area contributed by atoms with Crippen molar-refractivity contribution < 1.29 is 9.59 Å². The number of hydrogen-bond donors (Lipinski definition) is 1. The maximum atomic E-state index is 14.0. The van der Waals surface area contributed by atoms with Gasteiger partial charge in [0.05, 0.1) is 12.2 Å².